The van der Waals surface area contributed by atoms with Gasteiger partial charge in [-0.3, -0.25) is 4.90 Å². The molecule has 1 aliphatic carbocycles. The van der Waals surface area contributed by atoms with Gasteiger partial charge in [0.25, 0.3) is 0 Å². The first-order valence-electron chi connectivity index (χ1n) is 7.20. The van der Waals surface area contributed by atoms with Crippen LogP contribution in [0.5, 0.6) is 0 Å². The molecule has 1 unspecified atom stereocenters. The first kappa shape index (κ1) is 13.6. The van der Waals surface area contributed by atoms with Gasteiger partial charge in [-0.15, -0.1) is 0 Å². The Morgan fingerprint density at radius 2 is 1.94 bits per heavy atom. The molecule has 2 rings (SSSR count). The minimum absolute atomic E-state index is 0.597. The first-order valence-corrected chi connectivity index (χ1v) is 7.20. The lowest BCUT2D eigenvalue weighted by Gasteiger charge is -2.17. The molecule has 1 fully saturated rings. The highest BCUT2D eigenvalue weighted by molar-refractivity contribution is 5.25. The molecule has 100 valence electrons. The van der Waals surface area contributed by atoms with Gasteiger partial charge in [-0.2, -0.15) is 0 Å². The third kappa shape index (κ3) is 3.82. The minimum Gasteiger partial charge on any atom is -0.316 e. The maximum atomic E-state index is 3.41. The Morgan fingerprint density at radius 1 is 1.28 bits per heavy atom. The SMILES string of the molecule is CCNCC(C)c1ccc(CN(C)C2CC2)cc1. The predicted octanol–water partition coefficient (Wildman–Crippen LogP) is 2.99. The largest absolute Gasteiger partial charge is 0.316 e. The molecule has 0 radical (unpaired) electrons. The summed E-state index contributed by atoms with van der Waals surface area (Å²) in [5.41, 5.74) is 2.87. The van der Waals surface area contributed by atoms with E-state index < -0.39 is 0 Å². The van der Waals surface area contributed by atoms with Crippen LogP contribution in [0.2, 0.25) is 0 Å². The highest BCUT2D eigenvalue weighted by atomic mass is 15.1. The monoisotopic (exact) mass is 246 g/mol. The van der Waals surface area contributed by atoms with Crippen LogP contribution >= 0.6 is 0 Å². The van der Waals surface area contributed by atoms with E-state index in [2.05, 4.69) is 55.4 Å². The zero-order chi connectivity index (χ0) is 13.0. The van der Waals surface area contributed by atoms with Gasteiger partial charge in [0.15, 0.2) is 0 Å². The Hall–Kier alpha value is -0.860. The minimum atomic E-state index is 0.597. The second kappa shape index (κ2) is 6.35. The highest BCUT2D eigenvalue weighted by Gasteiger charge is 2.25. The average Bonchev–Trinajstić information content (AvgIpc) is 3.21. The van der Waals surface area contributed by atoms with E-state index in [-0.39, 0.29) is 0 Å². The molecule has 2 heteroatoms. The fraction of sp³-hybridized carbons (Fsp3) is 0.625. The van der Waals surface area contributed by atoms with Crippen molar-refractivity contribution in [3.05, 3.63) is 35.4 Å². The van der Waals surface area contributed by atoms with Gasteiger partial charge in [-0.1, -0.05) is 38.1 Å². The number of benzene rings is 1. The van der Waals surface area contributed by atoms with E-state index in [0.29, 0.717) is 5.92 Å². The summed E-state index contributed by atoms with van der Waals surface area (Å²) in [6.45, 7) is 7.65. The van der Waals surface area contributed by atoms with Crippen LogP contribution in [0.15, 0.2) is 24.3 Å². The molecule has 1 N–H and O–H groups in total. The molecule has 0 bridgehead atoms. The average molecular weight is 246 g/mol. The molecule has 1 saturated carbocycles. The normalized spacial score (nSPS) is 17.1. The summed E-state index contributed by atoms with van der Waals surface area (Å²) in [4.78, 5) is 2.47. The molecule has 0 heterocycles. The van der Waals surface area contributed by atoms with Crippen LogP contribution in [0.1, 0.15) is 43.7 Å². The third-order valence-corrected chi connectivity index (χ3v) is 3.85. The maximum absolute atomic E-state index is 3.41. The van der Waals surface area contributed by atoms with Crippen molar-refractivity contribution in [1.29, 1.82) is 0 Å². The van der Waals surface area contributed by atoms with Crippen molar-refractivity contribution in [3.8, 4) is 0 Å². The molecule has 0 spiro atoms. The summed E-state index contributed by atoms with van der Waals surface area (Å²) in [6, 6.07) is 10.0. The molecule has 18 heavy (non-hydrogen) atoms. The van der Waals surface area contributed by atoms with Crippen LogP contribution in [0.25, 0.3) is 0 Å². The van der Waals surface area contributed by atoms with Gasteiger partial charge in [0.1, 0.15) is 0 Å². The zero-order valence-electron chi connectivity index (χ0n) is 11.9. The van der Waals surface area contributed by atoms with Gasteiger partial charge < -0.3 is 5.32 Å². The van der Waals surface area contributed by atoms with Crippen molar-refractivity contribution >= 4 is 0 Å². The van der Waals surface area contributed by atoms with E-state index in [1.165, 1.54) is 24.0 Å². The van der Waals surface area contributed by atoms with Gasteiger partial charge in [-0.05, 0) is 43.5 Å². The van der Waals surface area contributed by atoms with Crippen molar-refractivity contribution in [3.63, 3.8) is 0 Å². The Balaban J connectivity index is 1.87. The van der Waals surface area contributed by atoms with Crippen molar-refractivity contribution in [2.75, 3.05) is 20.1 Å². The van der Waals surface area contributed by atoms with E-state index in [9.17, 15) is 0 Å². The number of hydrogen-bond acceptors (Lipinski definition) is 2. The van der Waals surface area contributed by atoms with Crippen LogP contribution in [-0.2, 0) is 6.54 Å². The molecule has 1 aromatic carbocycles. The summed E-state index contributed by atoms with van der Waals surface area (Å²) >= 11 is 0. The number of rotatable bonds is 7. The van der Waals surface area contributed by atoms with Crippen molar-refractivity contribution in [2.24, 2.45) is 0 Å². The van der Waals surface area contributed by atoms with Crippen LogP contribution < -0.4 is 5.32 Å². The van der Waals surface area contributed by atoms with Crippen molar-refractivity contribution < 1.29 is 0 Å². The molecule has 0 aromatic heterocycles. The summed E-state index contributed by atoms with van der Waals surface area (Å²) in [6.07, 6.45) is 2.77. The van der Waals surface area contributed by atoms with Crippen LogP contribution in [0.4, 0.5) is 0 Å². The topological polar surface area (TPSA) is 15.3 Å². The molecule has 0 aliphatic heterocycles. The zero-order valence-corrected chi connectivity index (χ0v) is 11.9. The maximum Gasteiger partial charge on any atom is 0.0233 e. The Kier molecular flexibility index (Phi) is 4.79. The smallest absolute Gasteiger partial charge is 0.0233 e. The van der Waals surface area contributed by atoms with E-state index in [1.807, 2.05) is 0 Å². The van der Waals surface area contributed by atoms with E-state index >= 15 is 0 Å². The Labute approximate surface area is 111 Å². The van der Waals surface area contributed by atoms with Gasteiger partial charge in [-0.25, -0.2) is 0 Å². The molecule has 1 aliphatic rings. The molecule has 0 saturated heterocycles. The summed E-state index contributed by atoms with van der Waals surface area (Å²) in [5.74, 6) is 0.597. The molecule has 1 atom stereocenters. The lowest BCUT2D eigenvalue weighted by atomic mass is 9.99. The van der Waals surface area contributed by atoms with E-state index in [1.54, 1.807) is 0 Å². The van der Waals surface area contributed by atoms with Crippen LogP contribution in [0, 0.1) is 0 Å². The Morgan fingerprint density at radius 3 is 2.50 bits per heavy atom. The molecule has 2 nitrogen and oxygen atoms in total. The summed E-state index contributed by atoms with van der Waals surface area (Å²) < 4.78 is 0. The Bertz CT molecular complexity index is 354. The number of hydrogen-bond donors (Lipinski definition) is 1. The van der Waals surface area contributed by atoms with Gasteiger partial charge in [0, 0.05) is 19.1 Å². The lowest BCUT2D eigenvalue weighted by molar-refractivity contribution is 0.316. The lowest BCUT2D eigenvalue weighted by Crippen LogP contribution is -2.20. The van der Waals surface area contributed by atoms with Gasteiger partial charge in [0.05, 0.1) is 0 Å². The van der Waals surface area contributed by atoms with Crippen molar-refractivity contribution in [2.45, 2.75) is 45.2 Å². The fourth-order valence-electron chi connectivity index (χ4n) is 2.36. The molecular weight excluding hydrogens is 220 g/mol. The number of nitrogens with one attached hydrogen (secondary N) is 1. The number of nitrogens with zero attached hydrogens (tertiary/aromatic N) is 1. The second-order valence-electron chi connectivity index (χ2n) is 5.60. The quantitative estimate of drug-likeness (QED) is 0.795. The predicted molar refractivity (Wildman–Crippen MR) is 77.9 cm³/mol. The molecule has 1 aromatic rings. The highest BCUT2D eigenvalue weighted by Crippen LogP contribution is 2.26. The molecular formula is C16H26N2. The second-order valence-corrected chi connectivity index (χ2v) is 5.60. The number of likely N-dealkylation sites (N-methyl/N-ethyl adjacent to an activating group) is 1. The first-order chi connectivity index (χ1) is 8.70. The summed E-state index contributed by atoms with van der Waals surface area (Å²) in [7, 11) is 2.24. The summed E-state index contributed by atoms with van der Waals surface area (Å²) in [5, 5.41) is 3.41. The fourth-order valence-corrected chi connectivity index (χ4v) is 2.36. The third-order valence-electron chi connectivity index (χ3n) is 3.85. The van der Waals surface area contributed by atoms with Crippen molar-refractivity contribution in [1.82, 2.24) is 10.2 Å². The standard InChI is InChI=1S/C16H26N2/c1-4-17-11-13(2)15-7-5-14(6-8-15)12-18(3)16-9-10-16/h5-8,13,16-17H,4,9-12H2,1-3H3. The van der Waals surface area contributed by atoms with E-state index in [0.717, 1.165) is 25.7 Å². The van der Waals surface area contributed by atoms with Crippen LogP contribution in [0.3, 0.4) is 0 Å². The van der Waals surface area contributed by atoms with Gasteiger partial charge >= 0.3 is 0 Å². The molecule has 0 amide bonds. The van der Waals surface area contributed by atoms with E-state index in [4.69, 9.17) is 0 Å². The van der Waals surface area contributed by atoms with Crippen LogP contribution in [-0.4, -0.2) is 31.1 Å². The van der Waals surface area contributed by atoms with Gasteiger partial charge in [0.2, 0.25) is 0 Å².